The second-order valence-electron chi connectivity index (χ2n) is 3.65. The largest absolute Gasteiger partial charge is 0.481 e. The summed E-state index contributed by atoms with van der Waals surface area (Å²) in [6, 6.07) is 4.35. The van der Waals surface area contributed by atoms with Gasteiger partial charge < -0.3 is 5.11 Å². The lowest BCUT2D eigenvalue weighted by molar-refractivity contribution is -0.133. The van der Waals surface area contributed by atoms with Gasteiger partial charge in [-0.3, -0.25) is 4.79 Å². The SMILES string of the molecule is Cn1nc(-c2ccc(F)cc2I)nc1SCC(=O)O. The van der Waals surface area contributed by atoms with Crippen LogP contribution in [0.4, 0.5) is 4.39 Å². The van der Waals surface area contributed by atoms with Crippen molar-refractivity contribution in [3.63, 3.8) is 0 Å². The van der Waals surface area contributed by atoms with Gasteiger partial charge in [0.25, 0.3) is 0 Å². The van der Waals surface area contributed by atoms with Crippen molar-refractivity contribution >= 4 is 40.3 Å². The first kappa shape index (κ1) is 14.3. The molecule has 1 aromatic carbocycles. The minimum absolute atomic E-state index is 0.0769. The fourth-order valence-corrected chi connectivity index (χ4v) is 2.76. The Morgan fingerprint density at radius 1 is 1.58 bits per heavy atom. The number of carboxylic acid groups (broad SMARTS) is 1. The van der Waals surface area contributed by atoms with Gasteiger partial charge in [0.15, 0.2) is 11.0 Å². The minimum atomic E-state index is -0.911. The number of hydrogen-bond acceptors (Lipinski definition) is 4. The van der Waals surface area contributed by atoms with E-state index < -0.39 is 5.97 Å². The predicted octanol–water partition coefficient (Wildman–Crippen LogP) is 2.40. The van der Waals surface area contributed by atoms with Gasteiger partial charge in [0, 0.05) is 16.2 Å². The molecule has 0 saturated heterocycles. The normalized spacial score (nSPS) is 10.7. The van der Waals surface area contributed by atoms with Crippen LogP contribution >= 0.6 is 34.4 Å². The van der Waals surface area contributed by atoms with Gasteiger partial charge in [-0.05, 0) is 40.8 Å². The van der Waals surface area contributed by atoms with Crippen molar-refractivity contribution in [3.05, 3.63) is 27.6 Å². The lowest BCUT2D eigenvalue weighted by Crippen LogP contribution is -2.00. The van der Waals surface area contributed by atoms with E-state index >= 15 is 0 Å². The molecule has 100 valence electrons. The number of hydrogen-bond donors (Lipinski definition) is 1. The van der Waals surface area contributed by atoms with Crippen LogP contribution in [0.5, 0.6) is 0 Å². The summed E-state index contributed by atoms with van der Waals surface area (Å²) < 4.78 is 15.3. The standard InChI is InChI=1S/C11H9FIN3O2S/c1-16-11(19-5-9(17)18)14-10(15-16)7-3-2-6(12)4-8(7)13/h2-4H,5H2,1H3,(H,17,18). The molecule has 0 amide bonds. The van der Waals surface area contributed by atoms with Gasteiger partial charge in [0.1, 0.15) is 5.82 Å². The number of carboxylic acids is 1. The molecule has 0 aliphatic rings. The fraction of sp³-hybridized carbons (Fsp3) is 0.182. The zero-order valence-corrected chi connectivity index (χ0v) is 12.8. The van der Waals surface area contributed by atoms with E-state index in [2.05, 4.69) is 10.1 Å². The second-order valence-corrected chi connectivity index (χ2v) is 5.75. The maximum absolute atomic E-state index is 13.0. The average Bonchev–Trinajstić information content (AvgIpc) is 2.67. The summed E-state index contributed by atoms with van der Waals surface area (Å²) in [6.45, 7) is 0. The topological polar surface area (TPSA) is 68.0 Å². The predicted molar refractivity (Wildman–Crippen MR) is 77.5 cm³/mol. The molecule has 19 heavy (non-hydrogen) atoms. The van der Waals surface area contributed by atoms with Crippen molar-refractivity contribution in [3.8, 4) is 11.4 Å². The third-order valence-corrected chi connectivity index (χ3v) is 4.12. The van der Waals surface area contributed by atoms with Crippen LogP contribution in [-0.4, -0.2) is 31.6 Å². The fourth-order valence-electron chi connectivity index (χ4n) is 1.41. The number of rotatable bonds is 4. The molecule has 1 heterocycles. The summed E-state index contributed by atoms with van der Waals surface area (Å²) in [4.78, 5) is 14.8. The van der Waals surface area contributed by atoms with Gasteiger partial charge in [-0.1, -0.05) is 11.8 Å². The van der Waals surface area contributed by atoms with E-state index in [0.717, 1.165) is 17.3 Å². The van der Waals surface area contributed by atoms with Crippen molar-refractivity contribution in [2.45, 2.75) is 5.16 Å². The van der Waals surface area contributed by atoms with Crippen molar-refractivity contribution in [2.24, 2.45) is 7.05 Å². The molecular formula is C11H9FIN3O2S. The average molecular weight is 393 g/mol. The zero-order chi connectivity index (χ0) is 14.0. The molecule has 0 radical (unpaired) electrons. The van der Waals surface area contributed by atoms with E-state index in [1.165, 1.54) is 16.8 Å². The molecule has 0 spiro atoms. The lowest BCUT2D eigenvalue weighted by Gasteiger charge is -1.98. The molecular weight excluding hydrogens is 384 g/mol. The molecule has 0 aliphatic heterocycles. The van der Waals surface area contributed by atoms with E-state index in [1.807, 2.05) is 22.6 Å². The van der Waals surface area contributed by atoms with Crippen molar-refractivity contribution in [2.75, 3.05) is 5.75 Å². The highest BCUT2D eigenvalue weighted by Gasteiger charge is 2.13. The van der Waals surface area contributed by atoms with E-state index in [1.54, 1.807) is 13.1 Å². The van der Waals surface area contributed by atoms with Crippen molar-refractivity contribution < 1.29 is 14.3 Å². The van der Waals surface area contributed by atoms with E-state index in [-0.39, 0.29) is 11.6 Å². The van der Waals surface area contributed by atoms with Crippen LogP contribution in [0.15, 0.2) is 23.4 Å². The maximum atomic E-state index is 13.0. The third kappa shape index (κ3) is 3.44. The summed E-state index contributed by atoms with van der Waals surface area (Å²) in [7, 11) is 1.69. The van der Waals surface area contributed by atoms with Crippen LogP contribution in [0.2, 0.25) is 0 Å². The third-order valence-electron chi connectivity index (χ3n) is 2.22. The highest BCUT2D eigenvalue weighted by atomic mass is 127. The highest BCUT2D eigenvalue weighted by Crippen LogP contribution is 2.25. The number of benzene rings is 1. The van der Waals surface area contributed by atoms with Gasteiger partial charge >= 0.3 is 5.97 Å². The van der Waals surface area contributed by atoms with Crippen LogP contribution in [0.3, 0.4) is 0 Å². The highest BCUT2D eigenvalue weighted by molar-refractivity contribution is 14.1. The molecule has 1 aromatic heterocycles. The number of aromatic nitrogens is 3. The molecule has 0 unspecified atom stereocenters. The quantitative estimate of drug-likeness (QED) is 0.639. The Morgan fingerprint density at radius 3 is 2.95 bits per heavy atom. The Labute approximate surface area is 126 Å². The van der Waals surface area contributed by atoms with Crippen LogP contribution in [-0.2, 0) is 11.8 Å². The molecule has 1 N–H and O–H groups in total. The molecule has 2 aromatic rings. The second kappa shape index (κ2) is 5.87. The Morgan fingerprint density at radius 2 is 2.32 bits per heavy atom. The van der Waals surface area contributed by atoms with E-state index in [9.17, 15) is 9.18 Å². The molecule has 8 heteroatoms. The Bertz CT molecular complexity index is 632. The van der Waals surface area contributed by atoms with Crippen LogP contribution in [0.1, 0.15) is 0 Å². The molecule has 0 aliphatic carbocycles. The summed E-state index contributed by atoms with van der Waals surface area (Å²) in [5.74, 6) is -0.845. The number of carbonyl (C=O) groups is 1. The van der Waals surface area contributed by atoms with Crippen molar-refractivity contribution in [1.82, 2.24) is 14.8 Å². The smallest absolute Gasteiger partial charge is 0.313 e. The molecule has 0 atom stereocenters. The number of thioether (sulfide) groups is 1. The van der Waals surface area contributed by atoms with Gasteiger partial charge in [-0.15, -0.1) is 0 Å². The first-order chi connectivity index (χ1) is 8.97. The van der Waals surface area contributed by atoms with Gasteiger partial charge in [0.2, 0.25) is 0 Å². The summed E-state index contributed by atoms with van der Waals surface area (Å²) in [5.41, 5.74) is 0.722. The van der Waals surface area contributed by atoms with Gasteiger partial charge in [0.05, 0.1) is 5.75 Å². The molecule has 5 nitrogen and oxygen atoms in total. The molecule has 2 rings (SSSR count). The maximum Gasteiger partial charge on any atom is 0.313 e. The minimum Gasteiger partial charge on any atom is -0.481 e. The summed E-state index contributed by atoms with van der Waals surface area (Å²) >= 11 is 3.11. The van der Waals surface area contributed by atoms with E-state index in [0.29, 0.717) is 14.6 Å². The first-order valence-corrected chi connectivity index (χ1v) is 7.25. The lowest BCUT2D eigenvalue weighted by atomic mass is 10.2. The monoisotopic (exact) mass is 393 g/mol. The molecule has 0 bridgehead atoms. The first-order valence-electron chi connectivity index (χ1n) is 5.18. The number of nitrogens with zero attached hydrogens (tertiary/aromatic N) is 3. The number of halogens is 2. The van der Waals surface area contributed by atoms with Gasteiger partial charge in [-0.25, -0.2) is 14.1 Å². The molecule has 0 saturated carbocycles. The van der Waals surface area contributed by atoms with Crippen LogP contribution < -0.4 is 0 Å². The zero-order valence-electron chi connectivity index (χ0n) is 9.80. The summed E-state index contributed by atoms with van der Waals surface area (Å²) in [5, 5.41) is 13.4. The van der Waals surface area contributed by atoms with Crippen LogP contribution in [0.25, 0.3) is 11.4 Å². The summed E-state index contributed by atoms with van der Waals surface area (Å²) in [6.07, 6.45) is 0. The number of aryl methyl sites for hydroxylation is 1. The Balaban J connectivity index is 2.31. The Kier molecular flexibility index (Phi) is 4.40. The van der Waals surface area contributed by atoms with Crippen molar-refractivity contribution in [1.29, 1.82) is 0 Å². The number of aliphatic carboxylic acids is 1. The Hall–Kier alpha value is -1.16. The van der Waals surface area contributed by atoms with Gasteiger partial charge in [-0.2, -0.15) is 5.10 Å². The van der Waals surface area contributed by atoms with E-state index in [4.69, 9.17) is 5.11 Å². The van der Waals surface area contributed by atoms with Crippen LogP contribution in [0, 0.1) is 9.39 Å². The molecule has 0 fully saturated rings.